The van der Waals surface area contributed by atoms with Crippen LogP contribution >= 0.6 is 22.9 Å². The number of thiazole rings is 1. The Bertz CT molecular complexity index is 592. The van der Waals surface area contributed by atoms with Crippen LogP contribution in [0.2, 0.25) is 5.02 Å². The number of hydrogen-bond acceptors (Lipinski definition) is 3. The highest BCUT2D eigenvalue weighted by Crippen LogP contribution is 2.23. The summed E-state index contributed by atoms with van der Waals surface area (Å²) in [6.45, 7) is 3.12. The molecule has 4 heteroatoms. The van der Waals surface area contributed by atoms with Crippen molar-refractivity contribution in [3.05, 3.63) is 50.9 Å². The minimum absolute atomic E-state index is 0.548. The molecule has 0 radical (unpaired) electrons. The lowest BCUT2D eigenvalue weighted by Crippen LogP contribution is -2.27. The van der Waals surface area contributed by atoms with Gasteiger partial charge in [0.25, 0.3) is 0 Å². The van der Waals surface area contributed by atoms with E-state index in [-0.39, 0.29) is 0 Å². The fraction of sp³-hybridized carbons (Fsp3) is 0.471. The molecule has 1 aliphatic carbocycles. The Hall–Kier alpha value is -0.900. The standard InChI is InChI=1S/C17H21ClN2S/c1-12-20-16(11-21-12)9-13(10-19-15-6-7-15)8-14-4-2-3-5-17(14)18/h2-5,11,13,15,19H,6-10H2,1H3. The number of nitrogens with one attached hydrogen (secondary N) is 1. The van der Waals surface area contributed by atoms with Crippen LogP contribution in [0, 0.1) is 12.8 Å². The molecule has 112 valence electrons. The summed E-state index contributed by atoms with van der Waals surface area (Å²) in [7, 11) is 0. The maximum Gasteiger partial charge on any atom is 0.0897 e. The zero-order valence-electron chi connectivity index (χ0n) is 12.3. The van der Waals surface area contributed by atoms with Crippen molar-refractivity contribution in [3.8, 4) is 0 Å². The van der Waals surface area contributed by atoms with Gasteiger partial charge in [-0.1, -0.05) is 29.8 Å². The molecule has 2 aromatic rings. The van der Waals surface area contributed by atoms with Gasteiger partial charge >= 0.3 is 0 Å². The lowest BCUT2D eigenvalue weighted by molar-refractivity contribution is 0.465. The molecule has 1 unspecified atom stereocenters. The van der Waals surface area contributed by atoms with E-state index in [1.54, 1.807) is 11.3 Å². The van der Waals surface area contributed by atoms with Gasteiger partial charge in [-0.3, -0.25) is 0 Å². The normalized spacial score (nSPS) is 16.1. The second-order valence-electron chi connectivity index (χ2n) is 5.91. The molecule has 1 heterocycles. The molecule has 0 amide bonds. The number of rotatable bonds is 7. The molecule has 1 fully saturated rings. The van der Waals surface area contributed by atoms with E-state index in [0.29, 0.717) is 5.92 Å². The Kier molecular flexibility index (Phi) is 4.94. The van der Waals surface area contributed by atoms with Crippen molar-refractivity contribution in [2.45, 2.75) is 38.6 Å². The monoisotopic (exact) mass is 320 g/mol. The van der Waals surface area contributed by atoms with E-state index in [0.717, 1.165) is 35.5 Å². The van der Waals surface area contributed by atoms with E-state index >= 15 is 0 Å². The van der Waals surface area contributed by atoms with Gasteiger partial charge in [0.2, 0.25) is 0 Å². The second kappa shape index (κ2) is 6.91. The average molecular weight is 321 g/mol. The summed E-state index contributed by atoms with van der Waals surface area (Å²) in [6, 6.07) is 8.93. The Morgan fingerprint density at radius 2 is 2.14 bits per heavy atom. The molecule has 1 aromatic heterocycles. The maximum atomic E-state index is 6.32. The topological polar surface area (TPSA) is 24.9 Å². The molecule has 0 saturated heterocycles. The molecule has 0 aliphatic heterocycles. The first-order valence-corrected chi connectivity index (χ1v) is 8.84. The molecule has 0 spiro atoms. The van der Waals surface area contributed by atoms with Crippen LogP contribution in [-0.2, 0) is 12.8 Å². The Balaban J connectivity index is 1.67. The fourth-order valence-corrected chi connectivity index (χ4v) is 3.45. The number of aryl methyl sites for hydroxylation is 1. The fourth-order valence-electron chi connectivity index (χ4n) is 2.61. The minimum Gasteiger partial charge on any atom is -0.314 e. The first-order valence-electron chi connectivity index (χ1n) is 7.58. The predicted molar refractivity (Wildman–Crippen MR) is 90.2 cm³/mol. The van der Waals surface area contributed by atoms with Crippen LogP contribution in [0.4, 0.5) is 0 Å². The van der Waals surface area contributed by atoms with Crippen LogP contribution in [-0.4, -0.2) is 17.6 Å². The van der Waals surface area contributed by atoms with Crippen molar-refractivity contribution >= 4 is 22.9 Å². The van der Waals surface area contributed by atoms with Crippen LogP contribution in [0.3, 0.4) is 0 Å². The molecule has 21 heavy (non-hydrogen) atoms. The van der Waals surface area contributed by atoms with Gasteiger partial charge in [-0.05, 0) is 56.7 Å². The van der Waals surface area contributed by atoms with Gasteiger partial charge in [0.1, 0.15) is 0 Å². The van der Waals surface area contributed by atoms with E-state index < -0.39 is 0 Å². The summed E-state index contributed by atoms with van der Waals surface area (Å²) in [5.74, 6) is 0.548. The number of benzene rings is 1. The SMILES string of the molecule is Cc1nc(CC(CNC2CC2)Cc2ccccc2Cl)cs1. The average Bonchev–Trinajstić information content (AvgIpc) is 3.21. The Labute approximate surface area is 135 Å². The van der Waals surface area contributed by atoms with Crippen LogP contribution < -0.4 is 5.32 Å². The van der Waals surface area contributed by atoms with Crippen molar-refractivity contribution in [2.75, 3.05) is 6.54 Å². The van der Waals surface area contributed by atoms with Crippen molar-refractivity contribution in [3.63, 3.8) is 0 Å². The van der Waals surface area contributed by atoms with Crippen molar-refractivity contribution in [1.82, 2.24) is 10.3 Å². The summed E-state index contributed by atoms with van der Waals surface area (Å²) in [4.78, 5) is 4.62. The van der Waals surface area contributed by atoms with Gasteiger partial charge in [-0.15, -0.1) is 11.3 Å². The highest BCUT2D eigenvalue weighted by molar-refractivity contribution is 7.09. The lowest BCUT2D eigenvalue weighted by Gasteiger charge is -2.17. The maximum absolute atomic E-state index is 6.32. The minimum atomic E-state index is 0.548. The van der Waals surface area contributed by atoms with E-state index in [2.05, 4.69) is 34.7 Å². The van der Waals surface area contributed by atoms with Crippen molar-refractivity contribution < 1.29 is 0 Å². The summed E-state index contributed by atoms with van der Waals surface area (Å²) < 4.78 is 0. The van der Waals surface area contributed by atoms with Crippen molar-refractivity contribution in [1.29, 1.82) is 0 Å². The zero-order valence-corrected chi connectivity index (χ0v) is 13.9. The van der Waals surface area contributed by atoms with Gasteiger partial charge in [-0.25, -0.2) is 4.98 Å². The number of nitrogens with zero attached hydrogens (tertiary/aromatic N) is 1. The van der Waals surface area contributed by atoms with E-state index in [1.807, 2.05) is 12.1 Å². The first kappa shape index (κ1) is 15.0. The molecule has 1 aliphatic rings. The summed E-state index contributed by atoms with van der Waals surface area (Å²) >= 11 is 8.05. The smallest absolute Gasteiger partial charge is 0.0897 e. The van der Waals surface area contributed by atoms with Crippen LogP contribution in [0.15, 0.2) is 29.6 Å². The van der Waals surface area contributed by atoms with E-state index in [9.17, 15) is 0 Å². The van der Waals surface area contributed by atoms with Gasteiger partial charge in [0.05, 0.1) is 10.7 Å². The second-order valence-corrected chi connectivity index (χ2v) is 7.38. The molecule has 2 nitrogen and oxygen atoms in total. The number of hydrogen-bond donors (Lipinski definition) is 1. The highest BCUT2D eigenvalue weighted by Gasteiger charge is 2.22. The highest BCUT2D eigenvalue weighted by atomic mass is 35.5. The third kappa shape index (κ3) is 4.53. The first-order chi connectivity index (χ1) is 10.2. The summed E-state index contributed by atoms with van der Waals surface area (Å²) in [5.41, 5.74) is 2.46. The lowest BCUT2D eigenvalue weighted by atomic mass is 9.95. The van der Waals surface area contributed by atoms with Gasteiger partial charge in [0, 0.05) is 16.4 Å². The molecule has 1 aromatic carbocycles. The molecule has 1 atom stereocenters. The van der Waals surface area contributed by atoms with Gasteiger partial charge < -0.3 is 5.32 Å². The zero-order chi connectivity index (χ0) is 14.7. The Morgan fingerprint density at radius 3 is 2.81 bits per heavy atom. The van der Waals surface area contributed by atoms with Gasteiger partial charge in [-0.2, -0.15) is 0 Å². The van der Waals surface area contributed by atoms with Gasteiger partial charge in [0.15, 0.2) is 0 Å². The van der Waals surface area contributed by atoms with Crippen LogP contribution in [0.25, 0.3) is 0 Å². The Morgan fingerprint density at radius 1 is 1.33 bits per heavy atom. The molecule has 3 rings (SSSR count). The molecule has 1 N–H and O–H groups in total. The van der Waals surface area contributed by atoms with Crippen LogP contribution in [0.5, 0.6) is 0 Å². The summed E-state index contributed by atoms with van der Waals surface area (Å²) in [6.07, 6.45) is 4.69. The van der Waals surface area contributed by atoms with E-state index in [4.69, 9.17) is 11.6 Å². The predicted octanol–water partition coefficient (Wildman–Crippen LogP) is 4.26. The van der Waals surface area contributed by atoms with Crippen molar-refractivity contribution in [2.24, 2.45) is 5.92 Å². The van der Waals surface area contributed by atoms with Crippen LogP contribution in [0.1, 0.15) is 29.1 Å². The number of aromatic nitrogens is 1. The number of halogens is 1. The molecule has 1 saturated carbocycles. The third-order valence-corrected chi connectivity index (χ3v) is 5.09. The molecular weight excluding hydrogens is 300 g/mol. The quantitative estimate of drug-likeness (QED) is 0.824. The molecular formula is C17H21ClN2S. The molecule has 0 bridgehead atoms. The third-order valence-electron chi connectivity index (χ3n) is 3.90. The van der Waals surface area contributed by atoms with E-state index in [1.165, 1.54) is 24.1 Å². The summed E-state index contributed by atoms with van der Waals surface area (Å²) in [5, 5.41) is 7.87. The largest absolute Gasteiger partial charge is 0.314 e.